The molecular weight excluding hydrogens is 480 g/mol. The molecule has 0 radical (unpaired) electrons. The highest BCUT2D eigenvalue weighted by atomic mass is 16.5. The summed E-state index contributed by atoms with van der Waals surface area (Å²) in [7, 11) is 1.66. The summed E-state index contributed by atoms with van der Waals surface area (Å²) < 4.78 is 11.5. The van der Waals surface area contributed by atoms with Crippen LogP contribution in [0.25, 0.3) is 11.1 Å². The predicted octanol–water partition coefficient (Wildman–Crippen LogP) is 10.0. The first-order valence-electron chi connectivity index (χ1n) is 16.0. The van der Waals surface area contributed by atoms with Crippen molar-refractivity contribution in [3.8, 4) is 11.1 Å². The Hall–Kier alpha value is -2.13. The van der Waals surface area contributed by atoms with Gasteiger partial charge in [-0.15, -0.1) is 0 Å². The summed E-state index contributed by atoms with van der Waals surface area (Å²) in [5.41, 5.74) is 3.32. The zero-order valence-electron chi connectivity index (χ0n) is 25.1. The van der Waals surface area contributed by atoms with Crippen LogP contribution in [0.4, 0.5) is 0 Å². The lowest BCUT2D eigenvalue weighted by Crippen LogP contribution is -2.41. The number of benzene rings is 2. The second-order valence-corrected chi connectivity index (χ2v) is 12.1. The monoisotopic (exact) mass is 534 g/mol. The van der Waals surface area contributed by atoms with E-state index in [4.69, 9.17) is 9.47 Å². The molecule has 0 fully saturated rings. The minimum absolute atomic E-state index is 0.187. The number of methoxy groups -OCH3 is 1. The van der Waals surface area contributed by atoms with Crippen molar-refractivity contribution < 1.29 is 14.3 Å². The molecule has 0 unspecified atom stereocenters. The first-order chi connectivity index (χ1) is 19.1. The lowest BCUT2D eigenvalue weighted by molar-refractivity contribution is -0.151. The number of carbonyl (C=O) groups is 1. The maximum atomic E-state index is 13.6. The second kappa shape index (κ2) is 17.5. The molecular formula is C36H54O3. The summed E-state index contributed by atoms with van der Waals surface area (Å²) in [4.78, 5) is 13.6. The molecule has 0 aliphatic heterocycles. The van der Waals surface area contributed by atoms with Crippen LogP contribution in [0.5, 0.6) is 0 Å². The highest BCUT2D eigenvalue weighted by Gasteiger charge is 2.50. The van der Waals surface area contributed by atoms with Gasteiger partial charge in [-0.2, -0.15) is 0 Å². The van der Waals surface area contributed by atoms with Crippen molar-refractivity contribution in [1.82, 2.24) is 0 Å². The molecule has 0 saturated carbocycles. The minimum atomic E-state index is -0.880. The number of esters is 1. The van der Waals surface area contributed by atoms with Crippen molar-refractivity contribution in [2.24, 2.45) is 5.92 Å². The van der Waals surface area contributed by atoms with Crippen LogP contribution in [0.3, 0.4) is 0 Å². The van der Waals surface area contributed by atoms with Crippen LogP contribution < -0.4 is 0 Å². The van der Waals surface area contributed by atoms with Crippen molar-refractivity contribution in [3.05, 3.63) is 59.7 Å². The third-order valence-corrected chi connectivity index (χ3v) is 8.43. The number of hydrogen-bond acceptors (Lipinski definition) is 3. The van der Waals surface area contributed by atoms with E-state index >= 15 is 0 Å². The van der Waals surface area contributed by atoms with Gasteiger partial charge >= 0.3 is 5.97 Å². The van der Waals surface area contributed by atoms with Gasteiger partial charge in [0.15, 0.2) is 0 Å². The van der Waals surface area contributed by atoms with Crippen LogP contribution in [-0.2, 0) is 19.7 Å². The van der Waals surface area contributed by atoms with E-state index in [0.29, 0.717) is 6.61 Å². The molecule has 3 nitrogen and oxygen atoms in total. The van der Waals surface area contributed by atoms with Crippen LogP contribution in [-0.4, -0.2) is 26.3 Å². The molecule has 0 amide bonds. The molecule has 0 saturated heterocycles. The van der Waals surface area contributed by atoms with Crippen molar-refractivity contribution in [3.63, 3.8) is 0 Å². The summed E-state index contributed by atoms with van der Waals surface area (Å²) in [6.07, 6.45) is 21.4. The van der Waals surface area contributed by atoms with Gasteiger partial charge in [-0.25, -0.2) is 0 Å². The Balaban J connectivity index is 1.24. The van der Waals surface area contributed by atoms with E-state index in [2.05, 4.69) is 26.0 Å². The average Bonchev–Trinajstić information content (AvgIpc) is 3.23. The quantitative estimate of drug-likeness (QED) is 0.118. The molecule has 1 aliphatic rings. The van der Waals surface area contributed by atoms with E-state index in [0.717, 1.165) is 41.0 Å². The summed E-state index contributed by atoms with van der Waals surface area (Å²) in [5.74, 6) is 0.677. The zero-order chi connectivity index (χ0) is 27.8. The van der Waals surface area contributed by atoms with E-state index < -0.39 is 5.41 Å². The highest BCUT2D eigenvalue weighted by molar-refractivity contribution is 5.98. The fourth-order valence-corrected chi connectivity index (χ4v) is 6.22. The van der Waals surface area contributed by atoms with Crippen molar-refractivity contribution >= 4 is 5.97 Å². The summed E-state index contributed by atoms with van der Waals surface area (Å²) in [6.45, 7) is 5.42. The van der Waals surface area contributed by atoms with Gasteiger partial charge in [-0.3, -0.25) is 4.79 Å². The van der Waals surface area contributed by atoms with Gasteiger partial charge in [0.2, 0.25) is 0 Å². The maximum absolute atomic E-state index is 13.6. The zero-order valence-corrected chi connectivity index (χ0v) is 25.1. The second-order valence-electron chi connectivity index (χ2n) is 12.1. The molecule has 2 aromatic rings. The number of ether oxygens (including phenoxy) is 2. The number of fused-ring (bicyclic) bond motifs is 3. The summed E-state index contributed by atoms with van der Waals surface area (Å²) >= 11 is 0. The Morgan fingerprint density at radius 2 is 1.05 bits per heavy atom. The van der Waals surface area contributed by atoms with Crippen LogP contribution >= 0.6 is 0 Å². The molecule has 1 aliphatic carbocycles. The third kappa shape index (κ3) is 9.20. The van der Waals surface area contributed by atoms with Gasteiger partial charge < -0.3 is 9.47 Å². The Morgan fingerprint density at radius 1 is 0.641 bits per heavy atom. The number of unbranched alkanes of at least 4 members (excludes halogenated alkanes) is 14. The Kier molecular flexibility index (Phi) is 14.1. The normalized spacial score (nSPS) is 13.4. The molecule has 0 heterocycles. The Labute approximate surface area is 239 Å². The third-order valence-electron chi connectivity index (χ3n) is 8.43. The molecule has 3 rings (SSSR count). The molecule has 0 bridgehead atoms. The maximum Gasteiger partial charge on any atom is 0.323 e. The smallest absolute Gasteiger partial charge is 0.323 e. The molecule has 39 heavy (non-hydrogen) atoms. The van der Waals surface area contributed by atoms with Crippen molar-refractivity contribution in [1.29, 1.82) is 0 Å². The molecule has 2 aromatic carbocycles. The van der Waals surface area contributed by atoms with E-state index in [9.17, 15) is 4.79 Å². The van der Waals surface area contributed by atoms with E-state index in [-0.39, 0.29) is 12.6 Å². The SMILES string of the molecule is COCC1(C(=O)OCCCCCCCCCCCCCCCCCC(C)C)c2ccccc2-c2ccccc21. The van der Waals surface area contributed by atoms with Crippen LogP contribution in [0, 0.1) is 5.92 Å². The highest BCUT2D eigenvalue weighted by Crippen LogP contribution is 2.49. The average molecular weight is 535 g/mol. The van der Waals surface area contributed by atoms with E-state index in [1.165, 1.54) is 89.9 Å². The molecule has 0 spiro atoms. The fourth-order valence-electron chi connectivity index (χ4n) is 6.22. The molecule has 0 N–H and O–H groups in total. The fraction of sp³-hybridized carbons (Fsp3) is 0.639. The van der Waals surface area contributed by atoms with E-state index in [1.807, 2.05) is 36.4 Å². The molecule has 0 atom stereocenters. The van der Waals surface area contributed by atoms with Gasteiger partial charge in [-0.05, 0) is 34.6 Å². The summed E-state index contributed by atoms with van der Waals surface area (Å²) in [5, 5.41) is 0. The number of hydrogen-bond donors (Lipinski definition) is 0. The van der Waals surface area contributed by atoms with Crippen molar-refractivity contribution in [2.75, 3.05) is 20.3 Å². The van der Waals surface area contributed by atoms with Crippen molar-refractivity contribution in [2.45, 2.75) is 122 Å². The molecule has 216 valence electrons. The van der Waals surface area contributed by atoms with Crippen LogP contribution in [0.1, 0.15) is 128 Å². The van der Waals surface area contributed by atoms with Crippen LogP contribution in [0.2, 0.25) is 0 Å². The molecule has 3 heteroatoms. The molecule has 0 aromatic heterocycles. The first kappa shape index (κ1) is 31.4. The van der Waals surface area contributed by atoms with Gasteiger partial charge in [0.05, 0.1) is 13.2 Å². The van der Waals surface area contributed by atoms with Gasteiger partial charge in [-0.1, -0.05) is 159 Å². The number of carbonyl (C=O) groups excluding carboxylic acids is 1. The Morgan fingerprint density at radius 3 is 1.49 bits per heavy atom. The number of rotatable bonds is 21. The topological polar surface area (TPSA) is 35.5 Å². The van der Waals surface area contributed by atoms with Gasteiger partial charge in [0.1, 0.15) is 5.41 Å². The van der Waals surface area contributed by atoms with Crippen LogP contribution in [0.15, 0.2) is 48.5 Å². The van der Waals surface area contributed by atoms with Gasteiger partial charge in [0.25, 0.3) is 0 Å². The van der Waals surface area contributed by atoms with E-state index in [1.54, 1.807) is 7.11 Å². The first-order valence-corrected chi connectivity index (χ1v) is 16.0. The minimum Gasteiger partial charge on any atom is -0.465 e. The largest absolute Gasteiger partial charge is 0.465 e. The lowest BCUT2D eigenvalue weighted by Gasteiger charge is -2.29. The van der Waals surface area contributed by atoms with Gasteiger partial charge in [0, 0.05) is 7.11 Å². The predicted molar refractivity (Wildman–Crippen MR) is 164 cm³/mol. The standard InChI is InChI=1S/C36H54O3/c1-30(2)23-17-15-13-11-9-7-5-4-6-8-10-12-14-16-22-28-39-35(37)36(29-38-3)33-26-20-18-24-31(33)32-25-19-21-27-34(32)36/h18-21,24-27,30H,4-17,22-23,28-29H2,1-3H3. The lowest BCUT2D eigenvalue weighted by atomic mass is 9.79. The summed E-state index contributed by atoms with van der Waals surface area (Å²) in [6, 6.07) is 16.3. The Bertz CT molecular complexity index is 918.